The van der Waals surface area contributed by atoms with E-state index >= 15 is 0 Å². The third kappa shape index (κ3) is 2.92. The summed E-state index contributed by atoms with van der Waals surface area (Å²) in [5.74, 6) is 0. The summed E-state index contributed by atoms with van der Waals surface area (Å²) >= 11 is 0. The molecule has 2 rings (SSSR count). The van der Waals surface area contributed by atoms with Crippen molar-refractivity contribution in [2.45, 2.75) is 53.5 Å². The van der Waals surface area contributed by atoms with Gasteiger partial charge in [0.1, 0.15) is 5.69 Å². The van der Waals surface area contributed by atoms with E-state index in [1.165, 1.54) is 16.7 Å². The minimum absolute atomic E-state index is 0.350. The number of nitrogens with zero attached hydrogens (tertiary/aromatic N) is 2. The summed E-state index contributed by atoms with van der Waals surface area (Å²) in [5.41, 5.74) is 6.16. The zero-order valence-corrected chi connectivity index (χ0v) is 13.6. The molecule has 0 atom stereocenters. The molecule has 112 valence electrons. The number of hydrogen-bond donors (Lipinski definition) is 0. The highest BCUT2D eigenvalue weighted by Crippen LogP contribution is 2.30. The van der Waals surface area contributed by atoms with Crippen LogP contribution in [-0.2, 0) is 0 Å². The van der Waals surface area contributed by atoms with Crippen molar-refractivity contribution in [1.29, 1.82) is 0 Å². The molecule has 3 nitrogen and oxygen atoms in total. The normalized spacial score (nSPS) is 11.1. The topological polar surface area (TPSA) is 34.9 Å². The summed E-state index contributed by atoms with van der Waals surface area (Å²) in [6.07, 6.45) is 4.84. The fraction of sp³-hybridized carbons (Fsp3) is 0.444. The van der Waals surface area contributed by atoms with Crippen LogP contribution in [0.3, 0.4) is 0 Å². The molecular weight excluding hydrogens is 260 g/mol. The SMILES string of the molecule is CCC(CC)n1cc(C=O)c(-c2c(C)cc(C)cc2C)n1. The molecular formula is C18H24N2O. The average Bonchev–Trinajstić information content (AvgIpc) is 2.83. The molecule has 2 aromatic rings. The Morgan fingerprint density at radius 3 is 2.19 bits per heavy atom. The molecule has 1 aromatic carbocycles. The monoisotopic (exact) mass is 284 g/mol. The number of aryl methyl sites for hydroxylation is 3. The molecule has 0 bridgehead atoms. The first-order valence-corrected chi connectivity index (χ1v) is 7.64. The van der Waals surface area contributed by atoms with Gasteiger partial charge in [-0.2, -0.15) is 5.10 Å². The molecule has 0 aliphatic heterocycles. The Hall–Kier alpha value is -1.90. The standard InChI is InChI=1S/C18H24N2O/c1-6-16(7-2)20-10-15(11-21)18(19-20)17-13(4)8-12(3)9-14(17)5/h8-11,16H,6-7H2,1-5H3. The van der Waals surface area contributed by atoms with Crippen LogP contribution in [0.1, 0.15) is 59.8 Å². The van der Waals surface area contributed by atoms with E-state index in [0.717, 1.165) is 30.4 Å². The lowest BCUT2D eigenvalue weighted by atomic mass is 9.96. The largest absolute Gasteiger partial charge is 0.298 e. The molecule has 0 spiro atoms. The fourth-order valence-electron chi connectivity index (χ4n) is 3.09. The molecule has 3 heteroatoms. The van der Waals surface area contributed by atoms with E-state index in [1.54, 1.807) is 0 Å². The lowest BCUT2D eigenvalue weighted by Gasteiger charge is -2.13. The Balaban J connectivity index is 2.61. The number of carbonyl (C=O) groups excluding carboxylic acids is 1. The Morgan fingerprint density at radius 1 is 1.14 bits per heavy atom. The van der Waals surface area contributed by atoms with Gasteiger partial charge in [0.25, 0.3) is 0 Å². The minimum Gasteiger partial charge on any atom is -0.298 e. The predicted octanol–water partition coefficient (Wildman–Crippen LogP) is 4.65. The minimum atomic E-state index is 0.350. The first-order chi connectivity index (χ1) is 10.0. The summed E-state index contributed by atoms with van der Waals surface area (Å²) in [5, 5.41) is 4.73. The predicted molar refractivity (Wildman–Crippen MR) is 86.9 cm³/mol. The van der Waals surface area contributed by atoms with E-state index in [9.17, 15) is 4.79 Å². The van der Waals surface area contributed by atoms with Gasteiger partial charge in [0.2, 0.25) is 0 Å². The van der Waals surface area contributed by atoms with Gasteiger partial charge < -0.3 is 0 Å². The van der Waals surface area contributed by atoms with Crippen LogP contribution in [0.2, 0.25) is 0 Å². The van der Waals surface area contributed by atoms with E-state index in [1.807, 2.05) is 10.9 Å². The highest BCUT2D eigenvalue weighted by molar-refractivity contribution is 5.87. The van der Waals surface area contributed by atoms with Gasteiger partial charge in [-0.15, -0.1) is 0 Å². The number of aldehydes is 1. The summed E-state index contributed by atoms with van der Waals surface area (Å²) in [4.78, 5) is 11.4. The zero-order chi connectivity index (χ0) is 15.6. The van der Waals surface area contributed by atoms with E-state index in [2.05, 4.69) is 46.8 Å². The second-order valence-corrected chi connectivity index (χ2v) is 5.77. The van der Waals surface area contributed by atoms with Crippen molar-refractivity contribution >= 4 is 6.29 Å². The highest BCUT2D eigenvalue weighted by Gasteiger charge is 2.17. The van der Waals surface area contributed by atoms with Crippen LogP contribution < -0.4 is 0 Å². The van der Waals surface area contributed by atoms with Gasteiger partial charge in [-0.05, 0) is 44.7 Å². The van der Waals surface area contributed by atoms with Gasteiger partial charge in [0.05, 0.1) is 11.6 Å². The number of aromatic nitrogens is 2. The molecule has 0 aliphatic carbocycles. The van der Waals surface area contributed by atoms with E-state index in [0.29, 0.717) is 11.6 Å². The quantitative estimate of drug-likeness (QED) is 0.749. The molecule has 0 amide bonds. The summed E-state index contributed by atoms with van der Waals surface area (Å²) < 4.78 is 1.96. The summed E-state index contributed by atoms with van der Waals surface area (Å²) in [7, 11) is 0. The molecule has 21 heavy (non-hydrogen) atoms. The molecule has 0 unspecified atom stereocenters. The lowest BCUT2D eigenvalue weighted by Crippen LogP contribution is -2.07. The van der Waals surface area contributed by atoms with Crippen LogP contribution in [0.5, 0.6) is 0 Å². The molecule has 0 fully saturated rings. The Labute approximate surface area is 127 Å². The Kier molecular flexibility index (Phi) is 4.61. The average molecular weight is 284 g/mol. The van der Waals surface area contributed by atoms with Crippen LogP contribution in [0, 0.1) is 20.8 Å². The van der Waals surface area contributed by atoms with Crippen LogP contribution in [0.25, 0.3) is 11.3 Å². The van der Waals surface area contributed by atoms with Crippen molar-refractivity contribution in [2.75, 3.05) is 0 Å². The third-order valence-electron chi connectivity index (χ3n) is 4.12. The first kappa shape index (κ1) is 15.5. The molecule has 1 aromatic heterocycles. The molecule has 0 saturated carbocycles. The van der Waals surface area contributed by atoms with Gasteiger partial charge in [-0.3, -0.25) is 9.48 Å². The van der Waals surface area contributed by atoms with Crippen LogP contribution in [0.4, 0.5) is 0 Å². The maximum absolute atomic E-state index is 11.4. The number of benzene rings is 1. The van der Waals surface area contributed by atoms with Crippen molar-refractivity contribution in [1.82, 2.24) is 9.78 Å². The van der Waals surface area contributed by atoms with Gasteiger partial charge in [-0.1, -0.05) is 31.5 Å². The lowest BCUT2D eigenvalue weighted by molar-refractivity contribution is 0.112. The van der Waals surface area contributed by atoms with Crippen molar-refractivity contribution in [3.8, 4) is 11.3 Å². The second kappa shape index (κ2) is 6.25. The molecule has 0 aliphatic rings. The number of rotatable bonds is 5. The third-order valence-corrected chi connectivity index (χ3v) is 4.12. The Bertz CT molecular complexity index is 628. The summed E-state index contributed by atoms with van der Waals surface area (Å²) in [6, 6.07) is 4.64. The number of carbonyl (C=O) groups is 1. The van der Waals surface area contributed by atoms with E-state index < -0.39 is 0 Å². The first-order valence-electron chi connectivity index (χ1n) is 7.64. The smallest absolute Gasteiger partial charge is 0.153 e. The van der Waals surface area contributed by atoms with Crippen LogP contribution in [0.15, 0.2) is 18.3 Å². The van der Waals surface area contributed by atoms with Crippen LogP contribution >= 0.6 is 0 Å². The number of hydrogen-bond acceptors (Lipinski definition) is 2. The maximum Gasteiger partial charge on any atom is 0.153 e. The molecule has 0 N–H and O–H groups in total. The molecule has 0 saturated heterocycles. The van der Waals surface area contributed by atoms with Gasteiger partial charge in [0, 0.05) is 11.8 Å². The second-order valence-electron chi connectivity index (χ2n) is 5.77. The van der Waals surface area contributed by atoms with Gasteiger partial charge in [0.15, 0.2) is 6.29 Å². The van der Waals surface area contributed by atoms with Crippen molar-refractivity contribution in [2.24, 2.45) is 0 Å². The highest BCUT2D eigenvalue weighted by atomic mass is 16.1. The molecule has 0 radical (unpaired) electrons. The summed E-state index contributed by atoms with van der Waals surface area (Å²) in [6.45, 7) is 10.6. The van der Waals surface area contributed by atoms with Gasteiger partial charge >= 0.3 is 0 Å². The van der Waals surface area contributed by atoms with Crippen molar-refractivity contribution < 1.29 is 4.79 Å². The van der Waals surface area contributed by atoms with E-state index in [-0.39, 0.29) is 0 Å². The van der Waals surface area contributed by atoms with Crippen molar-refractivity contribution in [3.05, 3.63) is 40.6 Å². The fourth-order valence-corrected chi connectivity index (χ4v) is 3.09. The maximum atomic E-state index is 11.4. The van der Waals surface area contributed by atoms with E-state index in [4.69, 9.17) is 5.10 Å². The molecule has 1 heterocycles. The van der Waals surface area contributed by atoms with Crippen molar-refractivity contribution in [3.63, 3.8) is 0 Å². The van der Waals surface area contributed by atoms with Gasteiger partial charge in [-0.25, -0.2) is 0 Å². The Morgan fingerprint density at radius 2 is 1.71 bits per heavy atom. The van der Waals surface area contributed by atoms with Crippen LogP contribution in [-0.4, -0.2) is 16.1 Å². The zero-order valence-electron chi connectivity index (χ0n) is 13.6.